The maximum atomic E-state index is 11.8. The number of rotatable bonds is 3. The lowest BCUT2D eigenvalue weighted by molar-refractivity contribution is -0.135. The molecule has 0 aromatic rings. The first-order chi connectivity index (χ1) is 7.58. The number of carbonyl (C=O) groups is 1. The number of hydrogen-bond donors (Lipinski definition) is 0. The normalized spacial score (nSPS) is 21.2. The molecule has 1 aliphatic rings. The van der Waals surface area contributed by atoms with Gasteiger partial charge >= 0.3 is 0 Å². The molecular weight excluding hydrogens is 200 g/mol. The van der Waals surface area contributed by atoms with Crippen LogP contribution in [-0.2, 0) is 4.79 Å². The molecule has 1 saturated heterocycles. The van der Waals surface area contributed by atoms with Gasteiger partial charge in [0.15, 0.2) is 0 Å². The monoisotopic (exact) mass is 222 g/mol. The molecule has 1 amide bonds. The molecule has 1 aliphatic heterocycles. The van der Waals surface area contributed by atoms with Crippen molar-refractivity contribution in [2.45, 2.75) is 46.5 Å². The van der Waals surface area contributed by atoms with Gasteiger partial charge in [0, 0.05) is 13.1 Å². The molecule has 1 fully saturated rings. The van der Waals surface area contributed by atoms with Gasteiger partial charge < -0.3 is 4.90 Å². The Kier molecular flexibility index (Phi) is 4.35. The number of nitriles is 1. The number of amides is 1. The fourth-order valence-corrected chi connectivity index (χ4v) is 2.49. The van der Waals surface area contributed by atoms with E-state index < -0.39 is 5.92 Å². The van der Waals surface area contributed by atoms with Gasteiger partial charge in [0.1, 0.15) is 5.92 Å². The molecule has 0 aliphatic carbocycles. The van der Waals surface area contributed by atoms with Gasteiger partial charge in [-0.25, -0.2) is 0 Å². The lowest BCUT2D eigenvalue weighted by Gasteiger charge is -2.41. The summed E-state index contributed by atoms with van der Waals surface area (Å²) in [7, 11) is 0. The molecule has 3 nitrogen and oxygen atoms in total. The van der Waals surface area contributed by atoms with Crippen LogP contribution in [0.4, 0.5) is 0 Å². The maximum absolute atomic E-state index is 11.8. The summed E-state index contributed by atoms with van der Waals surface area (Å²) in [6.07, 6.45) is 4.56. The van der Waals surface area contributed by atoms with Gasteiger partial charge in [0.2, 0.25) is 5.91 Å². The van der Waals surface area contributed by atoms with Crippen LogP contribution in [0, 0.1) is 22.7 Å². The molecular formula is C13H22N2O. The van der Waals surface area contributed by atoms with Gasteiger partial charge in [-0.1, -0.05) is 26.7 Å². The quantitative estimate of drug-likeness (QED) is 0.736. The average molecular weight is 222 g/mol. The zero-order chi connectivity index (χ0) is 12.2. The predicted molar refractivity (Wildman–Crippen MR) is 63.6 cm³/mol. The Morgan fingerprint density at radius 2 is 1.88 bits per heavy atom. The van der Waals surface area contributed by atoms with E-state index in [1.165, 1.54) is 12.8 Å². The molecule has 0 bridgehead atoms. The van der Waals surface area contributed by atoms with E-state index in [1.54, 1.807) is 6.92 Å². The standard InChI is InChI=1S/C13H22N2O/c1-4-13(5-2)6-8-15(9-7-13)12(16)11(3)10-14/h11H,4-9H2,1-3H3. The molecule has 0 aromatic heterocycles. The smallest absolute Gasteiger partial charge is 0.239 e. The van der Waals surface area contributed by atoms with Crippen molar-refractivity contribution >= 4 is 5.91 Å². The SMILES string of the molecule is CCC1(CC)CCN(C(=O)C(C)C#N)CC1. The van der Waals surface area contributed by atoms with E-state index in [9.17, 15) is 4.79 Å². The number of piperidine rings is 1. The molecule has 0 N–H and O–H groups in total. The van der Waals surface area contributed by atoms with Crippen LogP contribution in [0.3, 0.4) is 0 Å². The van der Waals surface area contributed by atoms with Gasteiger partial charge in [-0.3, -0.25) is 4.79 Å². The van der Waals surface area contributed by atoms with Crippen molar-refractivity contribution in [1.82, 2.24) is 4.90 Å². The summed E-state index contributed by atoms with van der Waals surface area (Å²) in [6.45, 7) is 7.81. The minimum atomic E-state index is -0.490. The largest absolute Gasteiger partial charge is 0.342 e. The minimum absolute atomic E-state index is 0.00306. The third-order valence-corrected chi connectivity index (χ3v) is 4.20. The van der Waals surface area contributed by atoms with Crippen molar-refractivity contribution in [1.29, 1.82) is 5.26 Å². The number of likely N-dealkylation sites (tertiary alicyclic amines) is 1. The van der Waals surface area contributed by atoms with Gasteiger partial charge in [0.05, 0.1) is 6.07 Å². The number of nitrogens with zero attached hydrogens (tertiary/aromatic N) is 2. The summed E-state index contributed by atoms with van der Waals surface area (Å²) in [4.78, 5) is 13.7. The number of carbonyl (C=O) groups excluding carboxylic acids is 1. The van der Waals surface area contributed by atoms with E-state index in [1.807, 2.05) is 11.0 Å². The molecule has 1 rings (SSSR count). The highest BCUT2D eigenvalue weighted by atomic mass is 16.2. The molecule has 3 heteroatoms. The summed E-state index contributed by atoms with van der Waals surface area (Å²) in [6, 6.07) is 2.02. The fourth-order valence-electron chi connectivity index (χ4n) is 2.49. The zero-order valence-corrected chi connectivity index (χ0v) is 10.6. The molecule has 0 aromatic carbocycles. The summed E-state index contributed by atoms with van der Waals surface area (Å²) < 4.78 is 0. The second-order valence-electron chi connectivity index (χ2n) is 4.88. The van der Waals surface area contributed by atoms with Gasteiger partial charge in [-0.2, -0.15) is 5.26 Å². The third kappa shape index (κ3) is 2.55. The maximum Gasteiger partial charge on any atom is 0.239 e. The highest BCUT2D eigenvalue weighted by Crippen LogP contribution is 2.38. The topological polar surface area (TPSA) is 44.1 Å². The van der Waals surface area contributed by atoms with Crippen molar-refractivity contribution < 1.29 is 4.79 Å². The molecule has 1 atom stereocenters. The van der Waals surface area contributed by atoms with Crippen LogP contribution in [-0.4, -0.2) is 23.9 Å². The third-order valence-electron chi connectivity index (χ3n) is 4.20. The van der Waals surface area contributed by atoms with E-state index >= 15 is 0 Å². The van der Waals surface area contributed by atoms with Crippen molar-refractivity contribution in [2.24, 2.45) is 11.3 Å². The van der Waals surface area contributed by atoms with Crippen LogP contribution in [0.15, 0.2) is 0 Å². The molecule has 0 saturated carbocycles. The molecule has 1 unspecified atom stereocenters. The van der Waals surface area contributed by atoms with Gasteiger partial charge in [-0.15, -0.1) is 0 Å². The molecule has 0 spiro atoms. The second kappa shape index (κ2) is 5.34. The summed E-state index contributed by atoms with van der Waals surface area (Å²) >= 11 is 0. The van der Waals surface area contributed by atoms with Crippen molar-refractivity contribution in [2.75, 3.05) is 13.1 Å². The first-order valence-corrected chi connectivity index (χ1v) is 6.27. The van der Waals surface area contributed by atoms with Crippen molar-refractivity contribution in [3.63, 3.8) is 0 Å². The van der Waals surface area contributed by atoms with E-state index in [4.69, 9.17) is 5.26 Å². The lowest BCUT2D eigenvalue weighted by atomic mass is 9.74. The summed E-state index contributed by atoms with van der Waals surface area (Å²) in [5.41, 5.74) is 0.437. The molecule has 1 heterocycles. The van der Waals surface area contributed by atoms with Crippen LogP contribution in [0.25, 0.3) is 0 Å². The fraction of sp³-hybridized carbons (Fsp3) is 0.846. The minimum Gasteiger partial charge on any atom is -0.342 e. The van der Waals surface area contributed by atoms with E-state index in [2.05, 4.69) is 13.8 Å². The summed E-state index contributed by atoms with van der Waals surface area (Å²) in [5, 5.41) is 8.73. The van der Waals surface area contributed by atoms with Crippen LogP contribution >= 0.6 is 0 Å². The first-order valence-electron chi connectivity index (χ1n) is 6.27. The van der Waals surface area contributed by atoms with E-state index in [-0.39, 0.29) is 5.91 Å². The number of hydrogen-bond acceptors (Lipinski definition) is 2. The Morgan fingerprint density at radius 3 is 2.25 bits per heavy atom. The first kappa shape index (κ1) is 13.0. The lowest BCUT2D eigenvalue weighted by Crippen LogP contribution is -2.44. The molecule has 16 heavy (non-hydrogen) atoms. The highest BCUT2D eigenvalue weighted by molar-refractivity contribution is 5.80. The Labute approximate surface area is 98.4 Å². The Bertz CT molecular complexity index is 279. The van der Waals surface area contributed by atoms with Crippen LogP contribution in [0.2, 0.25) is 0 Å². The highest BCUT2D eigenvalue weighted by Gasteiger charge is 2.33. The van der Waals surface area contributed by atoms with Gasteiger partial charge in [-0.05, 0) is 25.2 Å². The van der Waals surface area contributed by atoms with Crippen LogP contribution < -0.4 is 0 Å². The summed E-state index contributed by atoms with van der Waals surface area (Å²) in [5.74, 6) is -0.487. The van der Waals surface area contributed by atoms with E-state index in [0.29, 0.717) is 5.41 Å². The Hall–Kier alpha value is -1.04. The van der Waals surface area contributed by atoms with Crippen molar-refractivity contribution in [3.8, 4) is 6.07 Å². The Balaban J connectivity index is 2.55. The zero-order valence-electron chi connectivity index (χ0n) is 10.6. The van der Waals surface area contributed by atoms with Gasteiger partial charge in [0.25, 0.3) is 0 Å². The Morgan fingerprint density at radius 1 is 1.38 bits per heavy atom. The molecule has 90 valence electrons. The second-order valence-corrected chi connectivity index (χ2v) is 4.88. The van der Waals surface area contributed by atoms with Crippen molar-refractivity contribution in [3.05, 3.63) is 0 Å². The van der Waals surface area contributed by atoms with Crippen LogP contribution in [0.5, 0.6) is 0 Å². The average Bonchev–Trinajstić information content (AvgIpc) is 2.37. The van der Waals surface area contributed by atoms with Crippen LogP contribution in [0.1, 0.15) is 46.5 Å². The molecule has 0 radical (unpaired) electrons. The van der Waals surface area contributed by atoms with E-state index in [0.717, 1.165) is 25.9 Å². The predicted octanol–water partition coefficient (Wildman–Crippen LogP) is 2.57.